The number of hydrogen-bond acceptors (Lipinski definition) is 6. The lowest BCUT2D eigenvalue weighted by Gasteiger charge is -2.21. The average Bonchev–Trinajstić information content (AvgIpc) is 2.53. The number of nitriles is 1. The quantitative estimate of drug-likeness (QED) is 0.645. The van der Waals surface area contributed by atoms with Crippen LogP contribution in [0.3, 0.4) is 0 Å². The molecule has 0 bridgehead atoms. The van der Waals surface area contributed by atoms with Gasteiger partial charge in [0.15, 0.2) is 5.82 Å². The van der Waals surface area contributed by atoms with Gasteiger partial charge in [0.25, 0.3) is 10.0 Å². The summed E-state index contributed by atoms with van der Waals surface area (Å²) < 4.78 is 26.4. The highest BCUT2D eigenvalue weighted by molar-refractivity contribution is 7.93. The van der Waals surface area contributed by atoms with E-state index in [0.717, 1.165) is 4.31 Å². The third-order valence-electron chi connectivity index (χ3n) is 2.91. The molecule has 2 rings (SSSR count). The minimum Gasteiger partial charge on any atom is -0.307 e. The summed E-state index contributed by atoms with van der Waals surface area (Å²) in [6.45, 7) is 0. The van der Waals surface area contributed by atoms with E-state index in [0.29, 0.717) is 0 Å². The molecule has 3 N–H and O–H groups in total. The van der Waals surface area contributed by atoms with E-state index >= 15 is 0 Å². The minimum absolute atomic E-state index is 0.0405. The molecule has 0 spiro atoms. The van der Waals surface area contributed by atoms with Gasteiger partial charge >= 0.3 is 0 Å². The fourth-order valence-electron chi connectivity index (χ4n) is 1.83. The second-order valence-corrected chi connectivity index (χ2v) is 6.03. The van der Waals surface area contributed by atoms with Crippen LogP contribution in [-0.4, -0.2) is 20.4 Å². The highest BCUT2D eigenvalue weighted by atomic mass is 32.2. The lowest BCUT2D eigenvalue weighted by molar-refractivity contribution is 0.594. The smallest absolute Gasteiger partial charge is 0.267 e. The van der Waals surface area contributed by atoms with Crippen molar-refractivity contribution in [3.05, 3.63) is 48.2 Å². The molecule has 21 heavy (non-hydrogen) atoms. The lowest BCUT2D eigenvalue weighted by Crippen LogP contribution is -2.28. The molecule has 8 heteroatoms. The zero-order chi connectivity index (χ0) is 15.5. The van der Waals surface area contributed by atoms with Crippen LogP contribution in [0, 0.1) is 11.3 Å². The molecule has 0 fully saturated rings. The lowest BCUT2D eigenvalue weighted by atomic mass is 10.2. The number of nitrogens with two attached hydrogens (primary N) is 1. The van der Waals surface area contributed by atoms with Gasteiger partial charge in [0.1, 0.15) is 11.0 Å². The molecular weight excluding hydrogens is 290 g/mol. The summed E-state index contributed by atoms with van der Waals surface area (Å²) in [5, 5.41) is 9.09. The Morgan fingerprint density at radius 2 is 2.00 bits per heavy atom. The molecule has 0 saturated carbocycles. The molecule has 0 aliphatic heterocycles. The van der Waals surface area contributed by atoms with Crippen LogP contribution in [-0.2, 0) is 10.0 Å². The van der Waals surface area contributed by atoms with Crippen molar-refractivity contribution in [2.45, 2.75) is 4.90 Å². The van der Waals surface area contributed by atoms with Crippen LogP contribution in [0.1, 0.15) is 5.56 Å². The summed E-state index contributed by atoms with van der Waals surface area (Å²) in [6.07, 6.45) is 1.43. The molecule has 1 heterocycles. The van der Waals surface area contributed by atoms with Gasteiger partial charge in [-0.3, -0.25) is 4.31 Å². The van der Waals surface area contributed by atoms with Gasteiger partial charge < -0.3 is 5.43 Å². The van der Waals surface area contributed by atoms with Gasteiger partial charge in [0.05, 0.1) is 11.3 Å². The van der Waals surface area contributed by atoms with E-state index in [9.17, 15) is 8.42 Å². The minimum atomic E-state index is -3.89. The van der Waals surface area contributed by atoms with E-state index in [2.05, 4.69) is 10.4 Å². The number of rotatable bonds is 4. The number of anilines is 2. The summed E-state index contributed by atoms with van der Waals surface area (Å²) in [6, 6.07) is 11.3. The number of pyridine rings is 1. The van der Waals surface area contributed by atoms with Crippen molar-refractivity contribution in [2.75, 3.05) is 16.8 Å². The molecule has 108 valence electrons. The highest BCUT2D eigenvalue weighted by Gasteiger charge is 2.26. The normalized spacial score (nSPS) is 10.7. The molecule has 0 atom stereocenters. The van der Waals surface area contributed by atoms with E-state index in [1.54, 1.807) is 24.3 Å². The van der Waals surface area contributed by atoms with E-state index in [1.807, 2.05) is 6.07 Å². The highest BCUT2D eigenvalue weighted by Crippen LogP contribution is 2.27. The van der Waals surface area contributed by atoms with Crippen molar-refractivity contribution in [2.24, 2.45) is 5.84 Å². The first-order valence-corrected chi connectivity index (χ1v) is 7.36. The first-order valence-electron chi connectivity index (χ1n) is 5.92. The van der Waals surface area contributed by atoms with Crippen LogP contribution < -0.4 is 15.6 Å². The molecule has 0 saturated heterocycles. The topological polar surface area (TPSA) is 112 Å². The Morgan fingerprint density at radius 3 is 2.67 bits per heavy atom. The van der Waals surface area contributed by atoms with Crippen molar-refractivity contribution in [1.29, 1.82) is 5.26 Å². The predicted molar refractivity (Wildman–Crippen MR) is 78.8 cm³/mol. The van der Waals surface area contributed by atoms with Gasteiger partial charge in [0.2, 0.25) is 0 Å². The third-order valence-corrected chi connectivity index (χ3v) is 4.71. The van der Waals surface area contributed by atoms with Crippen LogP contribution >= 0.6 is 0 Å². The summed E-state index contributed by atoms with van der Waals surface area (Å²) in [5.41, 5.74) is 2.80. The van der Waals surface area contributed by atoms with Gasteiger partial charge in [-0.1, -0.05) is 12.1 Å². The van der Waals surface area contributed by atoms with Gasteiger partial charge in [-0.25, -0.2) is 19.2 Å². The monoisotopic (exact) mass is 303 g/mol. The first kappa shape index (κ1) is 14.8. The Balaban J connectivity index is 2.56. The van der Waals surface area contributed by atoms with E-state index in [4.69, 9.17) is 11.1 Å². The number of nitrogens with zero attached hydrogens (tertiary/aromatic N) is 3. The number of sulfonamides is 1. The Morgan fingerprint density at radius 1 is 1.29 bits per heavy atom. The van der Waals surface area contributed by atoms with Crippen molar-refractivity contribution < 1.29 is 8.42 Å². The number of benzene rings is 1. The van der Waals surface area contributed by atoms with Crippen molar-refractivity contribution >= 4 is 21.5 Å². The Hall–Kier alpha value is -2.63. The zero-order valence-corrected chi connectivity index (χ0v) is 12.0. The van der Waals surface area contributed by atoms with Crippen LogP contribution in [0.4, 0.5) is 11.5 Å². The van der Waals surface area contributed by atoms with Crippen LogP contribution in [0.15, 0.2) is 47.5 Å². The van der Waals surface area contributed by atoms with Gasteiger partial charge in [-0.05, 0) is 24.3 Å². The van der Waals surface area contributed by atoms with Gasteiger partial charge in [0, 0.05) is 13.2 Å². The Labute approximate surface area is 122 Å². The number of hydrogen-bond donors (Lipinski definition) is 2. The average molecular weight is 303 g/mol. The number of nitrogens with one attached hydrogen (secondary N) is 1. The SMILES string of the molecule is CN(c1ccccc1C#N)S(=O)(=O)c1cccnc1NN. The van der Waals surface area contributed by atoms with Gasteiger partial charge in [-0.2, -0.15) is 5.26 Å². The second kappa shape index (κ2) is 5.78. The van der Waals surface area contributed by atoms with E-state index in [1.165, 1.54) is 25.4 Å². The van der Waals surface area contributed by atoms with Gasteiger partial charge in [-0.15, -0.1) is 0 Å². The van der Waals surface area contributed by atoms with E-state index in [-0.39, 0.29) is 22.0 Å². The number of nitrogen functional groups attached to an aromatic ring is 1. The number of para-hydroxylation sites is 1. The van der Waals surface area contributed by atoms with E-state index < -0.39 is 10.0 Å². The summed E-state index contributed by atoms with van der Waals surface area (Å²) in [5.74, 6) is 5.33. The summed E-state index contributed by atoms with van der Waals surface area (Å²) >= 11 is 0. The summed E-state index contributed by atoms with van der Waals surface area (Å²) in [4.78, 5) is 3.81. The fourth-order valence-corrected chi connectivity index (χ4v) is 3.15. The predicted octanol–water partition coefficient (Wildman–Crippen LogP) is 1.06. The Bertz CT molecular complexity index is 798. The molecule has 0 amide bonds. The molecule has 0 radical (unpaired) electrons. The second-order valence-electron chi connectivity index (χ2n) is 4.10. The van der Waals surface area contributed by atoms with Crippen molar-refractivity contribution in [3.63, 3.8) is 0 Å². The molecule has 0 aliphatic rings. The maximum Gasteiger partial charge on any atom is 0.267 e. The number of hydrazine groups is 1. The molecule has 0 aliphatic carbocycles. The van der Waals surface area contributed by atoms with Crippen LogP contribution in [0.2, 0.25) is 0 Å². The molecule has 1 aromatic carbocycles. The maximum atomic E-state index is 12.7. The molecule has 1 aromatic heterocycles. The van der Waals surface area contributed by atoms with Crippen LogP contribution in [0.25, 0.3) is 0 Å². The summed E-state index contributed by atoms with van der Waals surface area (Å²) in [7, 11) is -2.52. The molecular formula is C13H13N5O2S. The standard InChI is InChI=1S/C13H13N5O2S/c1-18(11-6-3-2-5-10(11)9-14)21(19,20)12-7-4-8-16-13(12)17-15/h2-8H,15H2,1H3,(H,16,17). The molecule has 7 nitrogen and oxygen atoms in total. The van der Waals surface area contributed by atoms with Crippen LogP contribution in [0.5, 0.6) is 0 Å². The Kier molecular flexibility index (Phi) is 4.07. The first-order chi connectivity index (χ1) is 10.0. The largest absolute Gasteiger partial charge is 0.307 e. The number of aromatic nitrogens is 1. The van der Waals surface area contributed by atoms with Crippen molar-refractivity contribution in [3.8, 4) is 6.07 Å². The molecule has 2 aromatic rings. The molecule has 0 unspecified atom stereocenters. The maximum absolute atomic E-state index is 12.7. The van der Waals surface area contributed by atoms with Crippen molar-refractivity contribution in [1.82, 2.24) is 4.98 Å². The third kappa shape index (κ3) is 2.65. The zero-order valence-electron chi connectivity index (χ0n) is 11.2. The fraction of sp³-hybridized carbons (Fsp3) is 0.0769.